The fraction of sp³-hybridized carbons (Fsp3) is 0. The summed E-state index contributed by atoms with van der Waals surface area (Å²) in [6.07, 6.45) is 1.46. The summed E-state index contributed by atoms with van der Waals surface area (Å²) in [4.78, 5) is 7.65. The number of aromatic nitrogens is 2. The van der Waals surface area contributed by atoms with Crippen molar-refractivity contribution in [3.8, 4) is 6.07 Å². The third-order valence-electron chi connectivity index (χ3n) is 1.95. The van der Waals surface area contributed by atoms with Gasteiger partial charge in [0, 0.05) is 11.9 Å². The van der Waals surface area contributed by atoms with Crippen molar-refractivity contribution in [3.63, 3.8) is 0 Å². The van der Waals surface area contributed by atoms with Gasteiger partial charge >= 0.3 is 0 Å². The molecule has 0 radical (unpaired) electrons. The van der Waals surface area contributed by atoms with E-state index in [0.717, 1.165) is 0 Å². The molecule has 0 unspecified atom stereocenters. The molecule has 2 aromatic rings. The van der Waals surface area contributed by atoms with Gasteiger partial charge in [-0.1, -0.05) is 11.6 Å². The van der Waals surface area contributed by atoms with Crippen molar-refractivity contribution >= 4 is 23.1 Å². The van der Waals surface area contributed by atoms with Crippen LogP contribution in [-0.4, -0.2) is 9.97 Å². The van der Waals surface area contributed by atoms with E-state index >= 15 is 0 Å². The normalized spacial score (nSPS) is 9.71. The fourth-order valence-electron chi connectivity index (χ4n) is 1.20. The fourth-order valence-corrected chi connectivity index (χ4v) is 1.38. The summed E-state index contributed by atoms with van der Waals surface area (Å²) in [6, 6.07) is 7.63. The predicted molar refractivity (Wildman–Crippen MR) is 61.4 cm³/mol. The number of hydrogen-bond donors (Lipinski definition) is 1. The summed E-state index contributed by atoms with van der Waals surface area (Å²) in [5, 5.41) is 11.5. The Morgan fingerprint density at radius 2 is 2.18 bits per heavy atom. The molecule has 0 aliphatic carbocycles. The van der Waals surface area contributed by atoms with Gasteiger partial charge in [0.2, 0.25) is 5.82 Å². The molecule has 84 valence electrons. The van der Waals surface area contributed by atoms with Crippen LogP contribution in [0.15, 0.2) is 30.5 Å². The van der Waals surface area contributed by atoms with Crippen LogP contribution in [-0.2, 0) is 0 Å². The van der Waals surface area contributed by atoms with Gasteiger partial charge in [-0.3, -0.25) is 0 Å². The number of halogens is 2. The lowest BCUT2D eigenvalue weighted by Crippen LogP contribution is -1.97. The number of nitrogens with one attached hydrogen (secondary N) is 1. The molecule has 17 heavy (non-hydrogen) atoms. The third kappa shape index (κ3) is 2.68. The SMILES string of the molecule is N#Cc1nccc(Nc2ccc(F)c(Cl)c2)n1. The lowest BCUT2D eigenvalue weighted by molar-refractivity contribution is 0.628. The number of anilines is 2. The number of rotatable bonds is 2. The molecule has 0 aliphatic rings. The summed E-state index contributed by atoms with van der Waals surface area (Å²) < 4.78 is 12.9. The highest BCUT2D eigenvalue weighted by atomic mass is 35.5. The van der Waals surface area contributed by atoms with E-state index in [4.69, 9.17) is 16.9 Å². The van der Waals surface area contributed by atoms with E-state index in [1.165, 1.54) is 24.4 Å². The molecule has 1 N–H and O–H groups in total. The zero-order valence-electron chi connectivity index (χ0n) is 8.48. The largest absolute Gasteiger partial charge is 0.340 e. The molecule has 1 heterocycles. The van der Waals surface area contributed by atoms with Crippen LogP contribution in [0.25, 0.3) is 0 Å². The molecular formula is C11H6ClFN4. The zero-order chi connectivity index (χ0) is 12.3. The van der Waals surface area contributed by atoms with Crippen molar-refractivity contribution in [2.75, 3.05) is 5.32 Å². The van der Waals surface area contributed by atoms with Gasteiger partial charge < -0.3 is 5.32 Å². The molecule has 4 nitrogen and oxygen atoms in total. The van der Waals surface area contributed by atoms with E-state index in [2.05, 4.69) is 15.3 Å². The first-order chi connectivity index (χ1) is 8.19. The first-order valence-corrected chi connectivity index (χ1v) is 5.02. The monoisotopic (exact) mass is 248 g/mol. The maximum atomic E-state index is 12.9. The molecule has 6 heteroatoms. The van der Waals surface area contributed by atoms with E-state index in [0.29, 0.717) is 11.5 Å². The van der Waals surface area contributed by atoms with Gasteiger partial charge in [0.1, 0.15) is 17.7 Å². The molecule has 0 atom stereocenters. The molecule has 0 fully saturated rings. The second-order valence-electron chi connectivity index (χ2n) is 3.13. The van der Waals surface area contributed by atoms with Gasteiger partial charge in [-0.2, -0.15) is 5.26 Å². The average molecular weight is 249 g/mol. The van der Waals surface area contributed by atoms with Crippen LogP contribution in [0.5, 0.6) is 0 Å². The summed E-state index contributed by atoms with van der Waals surface area (Å²) in [7, 11) is 0. The van der Waals surface area contributed by atoms with Gasteiger partial charge in [0.25, 0.3) is 0 Å². The van der Waals surface area contributed by atoms with Crippen LogP contribution in [0, 0.1) is 17.1 Å². The lowest BCUT2D eigenvalue weighted by atomic mass is 10.3. The topological polar surface area (TPSA) is 61.6 Å². The molecule has 1 aromatic heterocycles. The molecular weight excluding hydrogens is 243 g/mol. The second-order valence-corrected chi connectivity index (χ2v) is 3.54. The zero-order valence-corrected chi connectivity index (χ0v) is 9.24. The molecule has 0 amide bonds. The van der Waals surface area contributed by atoms with Gasteiger partial charge in [-0.15, -0.1) is 0 Å². The van der Waals surface area contributed by atoms with Gasteiger partial charge in [0.05, 0.1) is 5.02 Å². The highest BCUT2D eigenvalue weighted by Gasteiger charge is 2.02. The Balaban J connectivity index is 2.25. The van der Waals surface area contributed by atoms with Crippen LogP contribution in [0.2, 0.25) is 5.02 Å². The maximum Gasteiger partial charge on any atom is 0.234 e. The van der Waals surface area contributed by atoms with Gasteiger partial charge in [0.15, 0.2) is 0 Å². The van der Waals surface area contributed by atoms with Crippen LogP contribution >= 0.6 is 11.6 Å². The van der Waals surface area contributed by atoms with Crippen molar-refractivity contribution in [2.24, 2.45) is 0 Å². The van der Waals surface area contributed by atoms with Crippen LogP contribution < -0.4 is 5.32 Å². The summed E-state index contributed by atoms with van der Waals surface area (Å²) in [6.45, 7) is 0. The number of hydrogen-bond acceptors (Lipinski definition) is 4. The van der Waals surface area contributed by atoms with E-state index in [-0.39, 0.29) is 10.8 Å². The van der Waals surface area contributed by atoms with Crippen molar-refractivity contribution in [2.45, 2.75) is 0 Å². The Hall–Kier alpha value is -2.19. The van der Waals surface area contributed by atoms with Crippen LogP contribution in [0.4, 0.5) is 15.9 Å². The quantitative estimate of drug-likeness (QED) is 0.888. The Bertz CT molecular complexity index is 594. The molecule has 0 aliphatic heterocycles. The standard InChI is InChI=1S/C11H6ClFN4/c12-8-5-7(1-2-9(8)13)16-10-3-4-15-11(6-14)17-10/h1-5H,(H,15,16,17). The maximum absolute atomic E-state index is 12.9. The Kier molecular flexibility index (Phi) is 3.17. The summed E-state index contributed by atoms with van der Waals surface area (Å²) in [5.41, 5.74) is 0.582. The van der Waals surface area contributed by atoms with Crippen molar-refractivity contribution in [1.82, 2.24) is 9.97 Å². The number of benzene rings is 1. The first-order valence-electron chi connectivity index (χ1n) is 4.64. The second kappa shape index (κ2) is 4.76. The van der Waals surface area contributed by atoms with E-state index in [1.54, 1.807) is 6.07 Å². The predicted octanol–water partition coefficient (Wildman–Crippen LogP) is 2.88. The molecule has 0 saturated heterocycles. The Morgan fingerprint density at radius 3 is 2.88 bits per heavy atom. The minimum absolute atomic E-state index is 0.0181. The highest BCUT2D eigenvalue weighted by molar-refractivity contribution is 6.31. The first kappa shape index (κ1) is 11.3. The van der Waals surface area contributed by atoms with Gasteiger partial charge in [-0.05, 0) is 24.3 Å². The molecule has 0 spiro atoms. The number of nitrogens with zero attached hydrogens (tertiary/aromatic N) is 3. The highest BCUT2D eigenvalue weighted by Crippen LogP contribution is 2.21. The summed E-state index contributed by atoms with van der Waals surface area (Å²) in [5.74, 6) is 0.0139. The molecule has 0 saturated carbocycles. The smallest absolute Gasteiger partial charge is 0.234 e. The van der Waals surface area contributed by atoms with E-state index < -0.39 is 5.82 Å². The molecule has 0 bridgehead atoms. The van der Waals surface area contributed by atoms with E-state index in [9.17, 15) is 4.39 Å². The molecule has 1 aromatic carbocycles. The average Bonchev–Trinajstić information content (AvgIpc) is 2.34. The van der Waals surface area contributed by atoms with Crippen molar-refractivity contribution < 1.29 is 4.39 Å². The lowest BCUT2D eigenvalue weighted by Gasteiger charge is -2.05. The van der Waals surface area contributed by atoms with Crippen molar-refractivity contribution in [3.05, 3.63) is 47.1 Å². The van der Waals surface area contributed by atoms with Gasteiger partial charge in [-0.25, -0.2) is 14.4 Å². The number of nitriles is 1. The Labute approximate surface area is 102 Å². The van der Waals surface area contributed by atoms with Crippen LogP contribution in [0.3, 0.4) is 0 Å². The van der Waals surface area contributed by atoms with Crippen molar-refractivity contribution in [1.29, 1.82) is 5.26 Å². The van der Waals surface area contributed by atoms with Crippen LogP contribution in [0.1, 0.15) is 5.82 Å². The van der Waals surface area contributed by atoms with E-state index in [1.807, 2.05) is 6.07 Å². The minimum atomic E-state index is -0.488. The summed E-state index contributed by atoms with van der Waals surface area (Å²) >= 11 is 5.64. The Morgan fingerprint density at radius 1 is 1.35 bits per heavy atom. The third-order valence-corrected chi connectivity index (χ3v) is 2.24. The minimum Gasteiger partial charge on any atom is -0.340 e. The molecule has 2 rings (SSSR count).